The van der Waals surface area contributed by atoms with E-state index in [-0.39, 0.29) is 16.8 Å². The lowest BCUT2D eigenvalue weighted by Crippen LogP contribution is -2.13. The number of aromatic nitrogens is 2. The van der Waals surface area contributed by atoms with Gasteiger partial charge in [-0.05, 0) is 17.5 Å². The molecule has 1 amide bonds. The second-order valence-corrected chi connectivity index (χ2v) is 7.63. The number of benzene rings is 1. The zero-order valence-electron chi connectivity index (χ0n) is 12.1. The summed E-state index contributed by atoms with van der Waals surface area (Å²) in [6.45, 7) is 3.95. The molecule has 1 aromatic carbocycles. The Morgan fingerprint density at radius 1 is 1.45 bits per heavy atom. The average Bonchev–Trinajstić information content (AvgIpc) is 2.87. The summed E-state index contributed by atoms with van der Waals surface area (Å²) < 4.78 is 14.4. The Morgan fingerprint density at radius 2 is 2.23 bits per heavy atom. The number of nitrogens with zero attached hydrogens (tertiary/aromatic N) is 2. The Morgan fingerprint density at radius 3 is 2.95 bits per heavy atom. The van der Waals surface area contributed by atoms with Crippen molar-refractivity contribution in [2.75, 3.05) is 5.32 Å². The van der Waals surface area contributed by atoms with Gasteiger partial charge < -0.3 is 5.32 Å². The Hall–Kier alpha value is -1.18. The number of carbonyl (C=O) groups is 1. The minimum absolute atomic E-state index is 0.0800. The number of thioether (sulfide) groups is 1. The third-order valence-corrected chi connectivity index (χ3v) is 4.94. The summed E-state index contributed by atoms with van der Waals surface area (Å²) >= 11 is 8.37. The fourth-order valence-electron chi connectivity index (χ4n) is 1.66. The highest BCUT2D eigenvalue weighted by Gasteiger charge is 2.12. The van der Waals surface area contributed by atoms with Crippen LogP contribution in [0.1, 0.15) is 25.8 Å². The van der Waals surface area contributed by atoms with Crippen LogP contribution in [0.5, 0.6) is 0 Å². The van der Waals surface area contributed by atoms with Gasteiger partial charge in [-0.3, -0.25) is 4.79 Å². The van der Waals surface area contributed by atoms with Gasteiger partial charge in [-0.2, -0.15) is 0 Å². The van der Waals surface area contributed by atoms with Crippen molar-refractivity contribution in [1.29, 1.82) is 0 Å². The Bertz CT molecular complexity index is 663. The van der Waals surface area contributed by atoms with E-state index in [4.69, 9.17) is 11.6 Å². The third-order valence-electron chi connectivity index (χ3n) is 2.63. The highest BCUT2D eigenvalue weighted by atomic mass is 35.5. The second-order valence-electron chi connectivity index (χ2n) is 5.02. The van der Waals surface area contributed by atoms with Crippen LogP contribution in [0.25, 0.3) is 0 Å². The van der Waals surface area contributed by atoms with Crippen LogP contribution in [-0.2, 0) is 10.5 Å². The first-order valence-corrected chi connectivity index (χ1v) is 8.82. The predicted molar refractivity (Wildman–Crippen MR) is 89.0 cm³/mol. The quantitative estimate of drug-likeness (QED) is 0.604. The Balaban J connectivity index is 1.92. The molecule has 1 aromatic heterocycles. The summed E-state index contributed by atoms with van der Waals surface area (Å²) in [4.78, 5) is 11.7. The van der Waals surface area contributed by atoms with Crippen molar-refractivity contribution < 1.29 is 9.18 Å². The normalized spacial score (nSPS) is 11.0. The summed E-state index contributed by atoms with van der Waals surface area (Å²) in [6, 6.07) is 4.90. The molecule has 1 N–H and O–H groups in total. The molecule has 0 unspecified atom stereocenters. The molecular weight excluding hydrogens is 345 g/mol. The van der Waals surface area contributed by atoms with Crippen LogP contribution in [0.4, 0.5) is 9.52 Å². The molecule has 22 heavy (non-hydrogen) atoms. The minimum atomic E-state index is -0.411. The number of rotatable bonds is 6. The van der Waals surface area contributed by atoms with Gasteiger partial charge in [0.2, 0.25) is 11.0 Å². The SMILES string of the molecule is CC(C)CC(=O)Nc1nnc(SCc2cccc(Cl)c2F)s1. The molecule has 0 fully saturated rings. The number of hydrogen-bond donors (Lipinski definition) is 1. The van der Waals surface area contributed by atoms with Crippen LogP contribution in [-0.4, -0.2) is 16.1 Å². The van der Waals surface area contributed by atoms with Gasteiger partial charge in [0.1, 0.15) is 5.82 Å². The second kappa shape index (κ2) is 7.89. The highest BCUT2D eigenvalue weighted by molar-refractivity contribution is 8.00. The van der Waals surface area contributed by atoms with Crippen molar-refractivity contribution in [3.8, 4) is 0 Å². The van der Waals surface area contributed by atoms with Crippen LogP contribution in [0, 0.1) is 11.7 Å². The van der Waals surface area contributed by atoms with Gasteiger partial charge in [0.25, 0.3) is 0 Å². The standard InChI is InChI=1S/C14H15ClFN3OS2/c1-8(2)6-11(20)17-13-18-19-14(22-13)21-7-9-4-3-5-10(15)12(9)16/h3-5,8H,6-7H2,1-2H3,(H,17,18,20). The van der Waals surface area contributed by atoms with Crippen molar-refractivity contribution >= 4 is 45.7 Å². The molecule has 8 heteroatoms. The van der Waals surface area contributed by atoms with Crippen LogP contribution in [0.2, 0.25) is 5.02 Å². The molecular formula is C14H15ClFN3OS2. The maximum atomic E-state index is 13.8. The first-order valence-electron chi connectivity index (χ1n) is 6.64. The van der Waals surface area contributed by atoms with E-state index in [1.165, 1.54) is 29.2 Å². The van der Waals surface area contributed by atoms with Crippen molar-refractivity contribution in [2.24, 2.45) is 5.92 Å². The maximum Gasteiger partial charge on any atom is 0.226 e. The molecule has 1 heterocycles. The van der Waals surface area contributed by atoms with E-state index in [0.717, 1.165) is 0 Å². The molecule has 0 saturated heterocycles. The van der Waals surface area contributed by atoms with E-state index in [2.05, 4.69) is 15.5 Å². The zero-order chi connectivity index (χ0) is 16.1. The summed E-state index contributed by atoms with van der Waals surface area (Å²) in [5.41, 5.74) is 0.512. The van der Waals surface area contributed by atoms with Crippen molar-refractivity contribution in [3.05, 3.63) is 34.6 Å². The van der Waals surface area contributed by atoms with E-state index in [0.29, 0.717) is 27.2 Å². The first-order chi connectivity index (χ1) is 10.5. The fraction of sp³-hybridized carbons (Fsp3) is 0.357. The van der Waals surface area contributed by atoms with Crippen molar-refractivity contribution in [2.45, 2.75) is 30.4 Å². The predicted octanol–water partition coefficient (Wildman–Crippen LogP) is 4.61. The van der Waals surface area contributed by atoms with Gasteiger partial charge >= 0.3 is 0 Å². The van der Waals surface area contributed by atoms with Crippen LogP contribution >= 0.6 is 34.7 Å². The number of hydrogen-bond acceptors (Lipinski definition) is 5. The number of carbonyl (C=O) groups excluding carboxylic acids is 1. The molecule has 0 aliphatic heterocycles. The van der Waals surface area contributed by atoms with Gasteiger partial charge in [-0.15, -0.1) is 10.2 Å². The van der Waals surface area contributed by atoms with E-state index < -0.39 is 5.82 Å². The van der Waals surface area contributed by atoms with Crippen LogP contribution in [0.15, 0.2) is 22.5 Å². The van der Waals surface area contributed by atoms with Gasteiger partial charge in [-0.1, -0.05) is 60.7 Å². The van der Waals surface area contributed by atoms with Crippen molar-refractivity contribution in [1.82, 2.24) is 10.2 Å². The fourth-order valence-corrected chi connectivity index (χ4v) is 3.60. The van der Waals surface area contributed by atoms with E-state index in [1.54, 1.807) is 12.1 Å². The first kappa shape index (κ1) is 17.2. The molecule has 0 saturated carbocycles. The Kier molecular flexibility index (Phi) is 6.16. The van der Waals surface area contributed by atoms with Crippen molar-refractivity contribution in [3.63, 3.8) is 0 Å². The highest BCUT2D eigenvalue weighted by Crippen LogP contribution is 2.30. The largest absolute Gasteiger partial charge is 0.300 e. The molecule has 4 nitrogen and oxygen atoms in total. The van der Waals surface area contributed by atoms with E-state index >= 15 is 0 Å². The summed E-state index contributed by atoms with van der Waals surface area (Å²) in [7, 11) is 0. The minimum Gasteiger partial charge on any atom is -0.300 e. The van der Waals surface area contributed by atoms with E-state index in [9.17, 15) is 9.18 Å². The topological polar surface area (TPSA) is 54.9 Å². The van der Waals surface area contributed by atoms with Gasteiger partial charge in [0.05, 0.1) is 5.02 Å². The summed E-state index contributed by atoms with van der Waals surface area (Å²) in [5, 5.41) is 11.2. The van der Waals surface area contributed by atoms with Crippen LogP contribution < -0.4 is 5.32 Å². The molecule has 2 aromatic rings. The monoisotopic (exact) mass is 359 g/mol. The van der Waals surface area contributed by atoms with Gasteiger partial charge in [0, 0.05) is 12.2 Å². The molecule has 0 spiro atoms. The molecule has 0 atom stereocenters. The molecule has 118 valence electrons. The number of amides is 1. The number of anilines is 1. The lowest BCUT2D eigenvalue weighted by Gasteiger charge is -2.03. The van der Waals surface area contributed by atoms with Gasteiger partial charge in [-0.25, -0.2) is 4.39 Å². The van der Waals surface area contributed by atoms with E-state index in [1.807, 2.05) is 13.8 Å². The molecule has 0 bridgehead atoms. The lowest BCUT2D eigenvalue weighted by molar-refractivity contribution is -0.116. The third kappa shape index (κ3) is 4.93. The molecule has 0 aliphatic carbocycles. The molecule has 0 radical (unpaired) electrons. The average molecular weight is 360 g/mol. The number of halogens is 2. The molecule has 0 aliphatic rings. The summed E-state index contributed by atoms with van der Waals surface area (Å²) in [5.74, 6) is 0.198. The zero-order valence-corrected chi connectivity index (χ0v) is 14.5. The maximum absolute atomic E-state index is 13.8. The van der Waals surface area contributed by atoms with Crippen LogP contribution in [0.3, 0.4) is 0 Å². The smallest absolute Gasteiger partial charge is 0.226 e. The summed E-state index contributed by atoms with van der Waals surface area (Å²) in [6.07, 6.45) is 0.440. The number of nitrogens with one attached hydrogen (secondary N) is 1. The lowest BCUT2D eigenvalue weighted by atomic mass is 10.1. The molecule has 2 rings (SSSR count). The van der Waals surface area contributed by atoms with Gasteiger partial charge in [0.15, 0.2) is 4.34 Å². The Labute approximate surface area is 141 Å².